The Morgan fingerprint density at radius 1 is 1.00 bits per heavy atom. The van der Waals surface area contributed by atoms with Crippen molar-refractivity contribution >= 4 is 21.6 Å². The Bertz CT molecular complexity index is 1260. The predicted molar refractivity (Wildman–Crippen MR) is 133 cm³/mol. The van der Waals surface area contributed by atoms with Crippen LogP contribution in [0.2, 0.25) is 0 Å². The molecular formula is C26H28N2O6S. The van der Waals surface area contributed by atoms with Crippen LogP contribution in [0.5, 0.6) is 17.2 Å². The number of para-hydroxylation sites is 1. The highest BCUT2D eigenvalue weighted by Crippen LogP contribution is 2.32. The summed E-state index contributed by atoms with van der Waals surface area (Å²) in [6, 6.07) is 20.3. The van der Waals surface area contributed by atoms with Crippen LogP contribution in [-0.2, 0) is 14.8 Å². The monoisotopic (exact) mass is 496 g/mol. The Morgan fingerprint density at radius 2 is 1.69 bits per heavy atom. The molecule has 1 aliphatic heterocycles. The molecular weight excluding hydrogens is 468 g/mol. The standard InChI is InChI=1S/C26H28N2O6S/c1-3-28(21-7-5-4-6-8-21)35(30,31)23-12-10-22(11-13-23)34-18-26(29)27-19(2)20-9-14-24-25(17-20)33-16-15-32-24/h4-14,17,19H,3,15-16,18H2,1-2H3,(H,27,29). The molecule has 0 fully saturated rings. The van der Waals surface area contributed by atoms with Gasteiger partial charge in [0.25, 0.3) is 15.9 Å². The number of hydrogen-bond acceptors (Lipinski definition) is 6. The zero-order chi connectivity index (χ0) is 24.8. The Morgan fingerprint density at radius 3 is 2.37 bits per heavy atom. The summed E-state index contributed by atoms with van der Waals surface area (Å²) in [5.41, 5.74) is 1.48. The normalized spacial score (nSPS) is 13.5. The molecule has 0 bridgehead atoms. The summed E-state index contributed by atoms with van der Waals surface area (Å²) in [5.74, 6) is 1.45. The first-order valence-corrected chi connectivity index (χ1v) is 12.8. The number of nitrogens with zero attached hydrogens (tertiary/aromatic N) is 1. The van der Waals surface area contributed by atoms with Gasteiger partial charge in [0.15, 0.2) is 18.1 Å². The summed E-state index contributed by atoms with van der Waals surface area (Å²) in [7, 11) is -3.73. The van der Waals surface area contributed by atoms with Crippen molar-refractivity contribution in [3.05, 3.63) is 78.4 Å². The summed E-state index contributed by atoms with van der Waals surface area (Å²) >= 11 is 0. The average Bonchev–Trinajstić information content (AvgIpc) is 2.88. The molecule has 0 aromatic heterocycles. The number of rotatable bonds is 9. The second kappa shape index (κ2) is 10.7. The second-order valence-electron chi connectivity index (χ2n) is 7.96. The largest absolute Gasteiger partial charge is 0.486 e. The molecule has 1 amide bonds. The molecule has 1 unspecified atom stereocenters. The molecule has 1 atom stereocenters. The van der Waals surface area contributed by atoms with Crippen molar-refractivity contribution in [2.24, 2.45) is 0 Å². The van der Waals surface area contributed by atoms with E-state index in [4.69, 9.17) is 14.2 Å². The van der Waals surface area contributed by atoms with Crippen LogP contribution in [0.25, 0.3) is 0 Å². The summed E-state index contributed by atoms with van der Waals surface area (Å²) in [4.78, 5) is 12.6. The van der Waals surface area contributed by atoms with Gasteiger partial charge in [0.05, 0.1) is 16.6 Å². The van der Waals surface area contributed by atoms with Gasteiger partial charge in [0.1, 0.15) is 19.0 Å². The van der Waals surface area contributed by atoms with Gasteiger partial charge in [-0.3, -0.25) is 9.10 Å². The second-order valence-corrected chi connectivity index (χ2v) is 9.82. The minimum Gasteiger partial charge on any atom is -0.486 e. The fourth-order valence-corrected chi connectivity index (χ4v) is 5.24. The van der Waals surface area contributed by atoms with Crippen molar-refractivity contribution in [2.75, 3.05) is 30.7 Å². The minimum atomic E-state index is -3.73. The smallest absolute Gasteiger partial charge is 0.264 e. The molecule has 3 aromatic carbocycles. The molecule has 4 rings (SSSR count). The van der Waals surface area contributed by atoms with E-state index in [1.54, 1.807) is 43.3 Å². The molecule has 9 heteroatoms. The van der Waals surface area contributed by atoms with Crippen molar-refractivity contribution in [2.45, 2.75) is 24.8 Å². The number of hydrogen-bond donors (Lipinski definition) is 1. The van der Waals surface area contributed by atoms with E-state index in [1.807, 2.05) is 31.2 Å². The lowest BCUT2D eigenvalue weighted by Crippen LogP contribution is -2.31. The Balaban J connectivity index is 1.34. The van der Waals surface area contributed by atoms with E-state index in [2.05, 4.69) is 5.32 Å². The Labute approximate surface area is 205 Å². The Kier molecular flexibility index (Phi) is 7.45. The summed E-state index contributed by atoms with van der Waals surface area (Å²) in [6.45, 7) is 4.76. The highest BCUT2D eigenvalue weighted by Gasteiger charge is 2.23. The quantitative estimate of drug-likeness (QED) is 0.483. The zero-order valence-corrected chi connectivity index (χ0v) is 20.5. The van der Waals surface area contributed by atoms with Crippen LogP contribution >= 0.6 is 0 Å². The molecule has 1 aliphatic rings. The van der Waals surface area contributed by atoms with Crippen LogP contribution in [0, 0.1) is 0 Å². The number of anilines is 1. The van der Waals surface area contributed by atoms with Crippen LogP contribution in [0.4, 0.5) is 5.69 Å². The minimum absolute atomic E-state index is 0.146. The van der Waals surface area contributed by atoms with Crippen molar-refractivity contribution in [3.8, 4) is 17.2 Å². The van der Waals surface area contributed by atoms with Gasteiger partial charge >= 0.3 is 0 Å². The first-order chi connectivity index (χ1) is 16.9. The van der Waals surface area contributed by atoms with Crippen molar-refractivity contribution in [1.82, 2.24) is 5.32 Å². The van der Waals surface area contributed by atoms with Crippen LogP contribution in [0.3, 0.4) is 0 Å². The molecule has 0 spiro atoms. The molecule has 0 saturated carbocycles. The average molecular weight is 497 g/mol. The number of carbonyl (C=O) groups excluding carboxylic acids is 1. The van der Waals surface area contributed by atoms with Gasteiger partial charge in [-0.2, -0.15) is 0 Å². The van der Waals surface area contributed by atoms with Crippen LogP contribution < -0.4 is 23.8 Å². The topological polar surface area (TPSA) is 94.2 Å². The maximum Gasteiger partial charge on any atom is 0.264 e. The van der Waals surface area contributed by atoms with Crippen LogP contribution in [0.15, 0.2) is 77.7 Å². The molecule has 0 saturated heterocycles. The number of fused-ring (bicyclic) bond motifs is 1. The maximum atomic E-state index is 13.1. The predicted octanol–water partition coefficient (Wildman–Crippen LogP) is 3.93. The first kappa shape index (κ1) is 24.4. The van der Waals surface area contributed by atoms with Gasteiger partial charge in [-0.1, -0.05) is 24.3 Å². The van der Waals surface area contributed by atoms with Gasteiger partial charge in [-0.15, -0.1) is 0 Å². The lowest BCUT2D eigenvalue weighted by atomic mass is 10.1. The molecule has 1 N–H and O–H groups in total. The van der Waals surface area contributed by atoms with E-state index in [1.165, 1.54) is 16.4 Å². The highest BCUT2D eigenvalue weighted by molar-refractivity contribution is 7.92. The van der Waals surface area contributed by atoms with E-state index < -0.39 is 10.0 Å². The first-order valence-electron chi connectivity index (χ1n) is 11.4. The van der Waals surface area contributed by atoms with E-state index >= 15 is 0 Å². The number of ether oxygens (including phenoxy) is 3. The summed E-state index contributed by atoms with van der Waals surface area (Å²) < 4.78 is 44.2. The van der Waals surface area contributed by atoms with Gasteiger partial charge in [0.2, 0.25) is 0 Å². The lowest BCUT2D eigenvalue weighted by Gasteiger charge is -2.23. The molecule has 1 heterocycles. The van der Waals surface area contributed by atoms with Gasteiger partial charge in [-0.25, -0.2) is 8.42 Å². The molecule has 184 valence electrons. The molecule has 35 heavy (non-hydrogen) atoms. The number of nitrogens with one attached hydrogen (secondary N) is 1. The van der Waals surface area contributed by atoms with Crippen molar-refractivity contribution in [3.63, 3.8) is 0 Å². The summed E-state index contributed by atoms with van der Waals surface area (Å²) in [5, 5.41) is 2.89. The van der Waals surface area contributed by atoms with Gasteiger partial charge < -0.3 is 19.5 Å². The Hall–Kier alpha value is -3.72. The molecule has 0 radical (unpaired) electrons. The number of benzene rings is 3. The zero-order valence-electron chi connectivity index (χ0n) is 19.6. The van der Waals surface area contributed by atoms with E-state index in [9.17, 15) is 13.2 Å². The number of amides is 1. The van der Waals surface area contributed by atoms with Gasteiger partial charge in [0, 0.05) is 6.54 Å². The maximum absolute atomic E-state index is 13.1. The van der Waals surface area contributed by atoms with E-state index in [0.29, 0.717) is 42.7 Å². The third-order valence-electron chi connectivity index (χ3n) is 5.56. The molecule has 3 aromatic rings. The lowest BCUT2D eigenvalue weighted by molar-refractivity contribution is -0.123. The summed E-state index contributed by atoms with van der Waals surface area (Å²) in [6.07, 6.45) is 0. The third-order valence-corrected chi connectivity index (χ3v) is 7.47. The molecule has 8 nitrogen and oxygen atoms in total. The SMILES string of the molecule is CCN(c1ccccc1)S(=O)(=O)c1ccc(OCC(=O)NC(C)c2ccc3c(c2)OCCO3)cc1. The number of sulfonamides is 1. The fourth-order valence-electron chi connectivity index (χ4n) is 3.77. The third kappa shape index (κ3) is 5.68. The van der Waals surface area contributed by atoms with E-state index in [0.717, 1.165) is 5.56 Å². The van der Waals surface area contributed by atoms with Crippen LogP contribution in [-0.4, -0.2) is 40.7 Å². The number of carbonyl (C=O) groups is 1. The molecule has 0 aliphatic carbocycles. The van der Waals surface area contributed by atoms with Gasteiger partial charge in [-0.05, 0) is 67.9 Å². The highest BCUT2D eigenvalue weighted by atomic mass is 32.2. The van der Waals surface area contributed by atoms with Crippen molar-refractivity contribution in [1.29, 1.82) is 0 Å². The van der Waals surface area contributed by atoms with Crippen molar-refractivity contribution < 1.29 is 27.4 Å². The fraction of sp³-hybridized carbons (Fsp3) is 0.269. The van der Waals surface area contributed by atoms with Crippen LogP contribution in [0.1, 0.15) is 25.5 Å². The van der Waals surface area contributed by atoms with E-state index in [-0.39, 0.29) is 23.5 Å².